The minimum atomic E-state index is -1.00. The van der Waals surface area contributed by atoms with Crippen molar-refractivity contribution in [3.8, 4) is 0 Å². The van der Waals surface area contributed by atoms with Crippen LogP contribution in [0.15, 0.2) is 22.8 Å². The van der Waals surface area contributed by atoms with E-state index in [2.05, 4.69) is 27.7 Å². The maximum atomic E-state index is 11.7. The normalized spacial score (nSPS) is 22.3. The second-order valence-electron chi connectivity index (χ2n) is 7.37. The Kier molecular flexibility index (Phi) is 8.04. The monoisotopic (exact) mass is 322 g/mol. The summed E-state index contributed by atoms with van der Waals surface area (Å²) in [6.45, 7) is 11.0. The van der Waals surface area contributed by atoms with Gasteiger partial charge in [0.25, 0.3) is 0 Å². The van der Waals surface area contributed by atoms with E-state index in [-0.39, 0.29) is 12.4 Å². The van der Waals surface area contributed by atoms with Crippen molar-refractivity contribution < 1.29 is 14.6 Å². The molecule has 0 saturated heterocycles. The first kappa shape index (κ1) is 20.0. The second kappa shape index (κ2) is 9.27. The summed E-state index contributed by atoms with van der Waals surface area (Å²) in [4.78, 5) is 11.7. The number of hydrogen-bond donors (Lipinski definition) is 1. The Balaban J connectivity index is 2.58. The van der Waals surface area contributed by atoms with Crippen LogP contribution in [0.3, 0.4) is 0 Å². The van der Waals surface area contributed by atoms with E-state index in [0.717, 1.165) is 25.7 Å². The molecule has 1 N–H and O–H groups in total. The maximum absolute atomic E-state index is 11.7. The third-order valence-electron chi connectivity index (χ3n) is 4.81. The molecule has 0 radical (unpaired) electrons. The Bertz CT molecular complexity index is 458. The third kappa shape index (κ3) is 7.34. The number of aliphatic hydroxyl groups is 1. The van der Waals surface area contributed by atoms with Gasteiger partial charge >= 0.3 is 5.97 Å². The molecule has 0 aromatic heterocycles. The van der Waals surface area contributed by atoms with Crippen molar-refractivity contribution in [3.63, 3.8) is 0 Å². The summed E-state index contributed by atoms with van der Waals surface area (Å²) in [6.07, 6.45) is 7.99. The minimum Gasteiger partial charge on any atom is -0.466 e. The van der Waals surface area contributed by atoms with E-state index in [1.165, 1.54) is 23.1 Å². The zero-order valence-electron chi connectivity index (χ0n) is 15.6. The lowest BCUT2D eigenvalue weighted by Crippen LogP contribution is -2.33. The molecule has 2 atom stereocenters. The van der Waals surface area contributed by atoms with Gasteiger partial charge in [0.1, 0.15) is 0 Å². The largest absolute Gasteiger partial charge is 0.466 e. The van der Waals surface area contributed by atoms with Gasteiger partial charge in [-0.1, -0.05) is 29.7 Å². The summed E-state index contributed by atoms with van der Waals surface area (Å²) < 4.78 is 4.98. The molecule has 0 fully saturated rings. The number of carbonyl (C=O) groups is 1. The molecule has 1 aliphatic carbocycles. The van der Waals surface area contributed by atoms with Gasteiger partial charge in [-0.15, -0.1) is 0 Å². The summed E-state index contributed by atoms with van der Waals surface area (Å²) in [7, 11) is 0. The molecule has 1 rings (SSSR count). The van der Waals surface area contributed by atoms with Crippen LogP contribution in [0.5, 0.6) is 0 Å². The average molecular weight is 322 g/mol. The maximum Gasteiger partial charge on any atom is 0.309 e. The fraction of sp³-hybridized carbons (Fsp3) is 0.750. The van der Waals surface area contributed by atoms with E-state index >= 15 is 0 Å². The van der Waals surface area contributed by atoms with Crippen molar-refractivity contribution in [2.45, 2.75) is 85.2 Å². The van der Waals surface area contributed by atoms with Crippen molar-refractivity contribution in [2.24, 2.45) is 5.92 Å². The van der Waals surface area contributed by atoms with Crippen molar-refractivity contribution in [2.75, 3.05) is 6.61 Å². The highest BCUT2D eigenvalue weighted by Gasteiger charge is 2.31. The Morgan fingerprint density at radius 2 is 2.09 bits per heavy atom. The molecule has 0 aromatic rings. The Labute approximate surface area is 141 Å². The number of rotatable bonds is 8. The molecular weight excluding hydrogens is 288 g/mol. The van der Waals surface area contributed by atoms with Crippen LogP contribution in [0.1, 0.15) is 79.6 Å². The lowest BCUT2D eigenvalue weighted by Gasteiger charge is -2.30. The quantitative estimate of drug-likeness (QED) is 0.508. The second-order valence-corrected chi connectivity index (χ2v) is 7.37. The zero-order chi connectivity index (χ0) is 17.5. The zero-order valence-corrected chi connectivity index (χ0v) is 15.6. The minimum absolute atomic E-state index is 0.0790. The highest BCUT2D eigenvalue weighted by atomic mass is 16.5. The molecule has 0 saturated carbocycles. The van der Waals surface area contributed by atoms with Crippen LogP contribution in [0.2, 0.25) is 0 Å². The van der Waals surface area contributed by atoms with E-state index in [1.807, 2.05) is 6.08 Å². The number of carbonyl (C=O) groups excluding carboxylic acids is 1. The summed E-state index contributed by atoms with van der Waals surface area (Å²) in [5, 5.41) is 10.7. The van der Waals surface area contributed by atoms with Crippen LogP contribution in [-0.2, 0) is 9.53 Å². The van der Waals surface area contributed by atoms with Crippen LogP contribution >= 0.6 is 0 Å². The lowest BCUT2D eigenvalue weighted by atomic mass is 9.81. The van der Waals surface area contributed by atoms with Gasteiger partial charge in [0.15, 0.2) is 0 Å². The van der Waals surface area contributed by atoms with Gasteiger partial charge in [0, 0.05) is 0 Å². The summed E-state index contributed by atoms with van der Waals surface area (Å²) in [6, 6.07) is 0. The molecule has 1 aliphatic rings. The summed E-state index contributed by atoms with van der Waals surface area (Å²) in [5.41, 5.74) is 3.19. The van der Waals surface area contributed by atoms with Crippen LogP contribution < -0.4 is 0 Å². The van der Waals surface area contributed by atoms with E-state index in [0.29, 0.717) is 18.9 Å². The van der Waals surface area contributed by atoms with Gasteiger partial charge < -0.3 is 9.84 Å². The molecule has 0 amide bonds. The van der Waals surface area contributed by atoms with Gasteiger partial charge in [0.05, 0.1) is 18.6 Å². The fourth-order valence-electron chi connectivity index (χ4n) is 3.17. The molecule has 0 aliphatic heterocycles. The van der Waals surface area contributed by atoms with Crippen molar-refractivity contribution in [1.82, 2.24) is 0 Å². The molecule has 3 nitrogen and oxygen atoms in total. The summed E-state index contributed by atoms with van der Waals surface area (Å²) >= 11 is 0. The van der Waals surface area contributed by atoms with Gasteiger partial charge in [-0.25, -0.2) is 0 Å². The Morgan fingerprint density at radius 3 is 2.70 bits per heavy atom. The fourth-order valence-corrected chi connectivity index (χ4v) is 3.17. The molecule has 23 heavy (non-hydrogen) atoms. The van der Waals surface area contributed by atoms with Crippen molar-refractivity contribution in [1.29, 1.82) is 0 Å². The molecule has 0 heterocycles. The lowest BCUT2D eigenvalue weighted by molar-refractivity contribution is -0.147. The van der Waals surface area contributed by atoms with E-state index in [1.54, 1.807) is 6.92 Å². The summed E-state index contributed by atoms with van der Waals surface area (Å²) in [5.74, 6) is 0.292. The first-order chi connectivity index (χ1) is 10.8. The third-order valence-corrected chi connectivity index (χ3v) is 4.81. The van der Waals surface area contributed by atoms with Crippen LogP contribution in [0.4, 0.5) is 0 Å². The standard InChI is InChI=1S/C20H34O3/c1-6-23-19(21)14-20(22)11-7-8-18(13-20)12-16(4)9-10-17(5)15(2)3/h13,16,22H,6-12,14H2,1-5H3. The highest BCUT2D eigenvalue weighted by Crippen LogP contribution is 2.33. The van der Waals surface area contributed by atoms with E-state index < -0.39 is 5.60 Å². The Hall–Kier alpha value is -1.09. The number of ether oxygens (including phenoxy) is 1. The molecule has 2 unspecified atom stereocenters. The molecule has 3 heteroatoms. The predicted molar refractivity (Wildman–Crippen MR) is 95.2 cm³/mol. The van der Waals surface area contributed by atoms with Gasteiger partial charge in [-0.3, -0.25) is 4.79 Å². The van der Waals surface area contributed by atoms with Crippen LogP contribution in [-0.4, -0.2) is 23.3 Å². The van der Waals surface area contributed by atoms with Gasteiger partial charge in [-0.05, 0) is 72.1 Å². The first-order valence-corrected chi connectivity index (χ1v) is 8.97. The molecule has 0 bridgehead atoms. The molecule has 0 spiro atoms. The van der Waals surface area contributed by atoms with E-state index in [9.17, 15) is 9.90 Å². The first-order valence-electron chi connectivity index (χ1n) is 8.97. The van der Waals surface area contributed by atoms with Crippen LogP contribution in [0, 0.1) is 5.92 Å². The predicted octanol–water partition coefficient (Wildman–Crippen LogP) is 4.94. The SMILES string of the molecule is CCOC(=O)CC1(O)C=C(CC(C)CCC(C)=C(C)C)CCC1. The smallest absolute Gasteiger partial charge is 0.309 e. The van der Waals surface area contributed by atoms with Crippen molar-refractivity contribution >= 4 is 5.97 Å². The molecule has 132 valence electrons. The van der Waals surface area contributed by atoms with Crippen molar-refractivity contribution in [3.05, 3.63) is 22.8 Å². The van der Waals surface area contributed by atoms with Crippen LogP contribution in [0.25, 0.3) is 0 Å². The van der Waals surface area contributed by atoms with Gasteiger partial charge in [0.2, 0.25) is 0 Å². The number of allylic oxidation sites excluding steroid dienone is 3. The number of hydrogen-bond acceptors (Lipinski definition) is 3. The Morgan fingerprint density at radius 1 is 1.39 bits per heavy atom. The number of esters is 1. The molecule has 0 aromatic carbocycles. The van der Waals surface area contributed by atoms with E-state index in [4.69, 9.17) is 4.74 Å². The van der Waals surface area contributed by atoms with Gasteiger partial charge in [-0.2, -0.15) is 0 Å². The molecular formula is C20H34O3. The topological polar surface area (TPSA) is 46.5 Å². The highest BCUT2D eigenvalue weighted by molar-refractivity contribution is 5.71. The average Bonchev–Trinajstić information content (AvgIpc) is 2.44.